The van der Waals surface area contributed by atoms with Crippen LogP contribution in [0.3, 0.4) is 0 Å². The van der Waals surface area contributed by atoms with Gasteiger partial charge in [0.25, 0.3) is 0 Å². The molecule has 0 aromatic carbocycles. The molecule has 0 fully saturated rings. The summed E-state index contributed by atoms with van der Waals surface area (Å²) in [4.78, 5) is 13.5. The summed E-state index contributed by atoms with van der Waals surface area (Å²) in [6, 6.07) is 1.39. The van der Waals surface area contributed by atoms with E-state index in [0.29, 0.717) is 11.4 Å². The van der Waals surface area contributed by atoms with Crippen LogP contribution in [0.1, 0.15) is 5.69 Å². The van der Waals surface area contributed by atoms with Gasteiger partial charge >= 0.3 is 5.82 Å². The number of anilines is 1. The van der Waals surface area contributed by atoms with Crippen molar-refractivity contribution in [3.63, 3.8) is 0 Å². The lowest BCUT2D eigenvalue weighted by Gasteiger charge is -2.02. The summed E-state index contributed by atoms with van der Waals surface area (Å²) in [6.45, 7) is 1.62. The largest absolute Gasteiger partial charge is 0.492 e. The number of hydrogen-bond donors (Lipinski definition) is 1. The van der Waals surface area contributed by atoms with Gasteiger partial charge in [0.15, 0.2) is 11.4 Å². The lowest BCUT2D eigenvalue weighted by atomic mass is 10.3. The molecule has 0 saturated carbocycles. The highest BCUT2D eigenvalue weighted by molar-refractivity contribution is 5.57. The van der Waals surface area contributed by atoms with Crippen LogP contribution in [-0.4, -0.2) is 17.0 Å². The van der Waals surface area contributed by atoms with Gasteiger partial charge in [-0.15, -0.1) is 0 Å². The Balaban J connectivity index is 3.28. The van der Waals surface area contributed by atoms with Crippen LogP contribution in [0, 0.1) is 17.0 Å². The minimum atomic E-state index is -0.623. The Labute approximate surface area is 74.5 Å². The van der Waals surface area contributed by atoms with Crippen molar-refractivity contribution in [3.8, 4) is 5.75 Å². The Bertz CT molecular complexity index is 351. The van der Waals surface area contributed by atoms with Gasteiger partial charge in [0.05, 0.1) is 7.11 Å². The van der Waals surface area contributed by atoms with Crippen LogP contribution in [0.25, 0.3) is 0 Å². The van der Waals surface area contributed by atoms with Crippen molar-refractivity contribution in [2.75, 3.05) is 12.8 Å². The summed E-state index contributed by atoms with van der Waals surface area (Å²) < 4.78 is 4.90. The van der Waals surface area contributed by atoms with Gasteiger partial charge in [-0.2, -0.15) is 0 Å². The summed E-state index contributed by atoms with van der Waals surface area (Å²) in [6.07, 6.45) is 0. The highest BCUT2D eigenvalue weighted by atomic mass is 16.6. The van der Waals surface area contributed by atoms with E-state index in [2.05, 4.69) is 4.98 Å². The van der Waals surface area contributed by atoms with Gasteiger partial charge in [-0.1, -0.05) is 0 Å². The fraction of sp³-hybridized carbons (Fsp3) is 0.286. The Hall–Kier alpha value is -1.85. The summed E-state index contributed by atoms with van der Waals surface area (Å²) >= 11 is 0. The number of pyridine rings is 1. The summed E-state index contributed by atoms with van der Waals surface area (Å²) in [7, 11) is 1.45. The quantitative estimate of drug-likeness (QED) is 0.543. The van der Waals surface area contributed by atoms with Gasteiger partial charge in [-0.05, 0) is 9.91 Å². The smallest absolute Gasteiger partial charge is 0.387 e. The fourth-order valence-corrected chi connectivity index (χ4v) is 0.942. The van der Waals surface area contributed by atoms with Crippen LogP contribution in [-0.2, 0) is 0 Å². The third-order valence-corrected chi connectivity index (χ3v) is 1.57. The number of rotatable bonds is 2. The highest BCUT2D eigenvalue weighted by Gasteiger charge is 2.17. The fourth-order valence-electron chi connectivity index (χ4n) is 0.942. The van der Waals surface area contributed by atoms with E-state index in [0.717, 1.165) is 0 Å². The molecule has 0 atom stereocenters. The Morgan fingerprint density at radius 3 is 2.77 bits per heavy atom. The molecule has 0 aliphatic heterocycles. The van der Waals surface area contributed by atoms with Crippen molar-refractivity contribution in [3.05, 3.63) is 21.9 Å². The zero-order valence-corrected chi connectivity index (χ0v) is 7.27. The Morgan fingerprint density at radius 1 is 1.69 bits per heavy atom. The van der Waals surface area contributed by atoms with Crippen molar-refractivity contribution in [1.29, 1.82) is 0 Å². The van der Waals surface area contributed by atoms with Crippen LogP contribution in [0.2, 0.25) is 0 Å². The first kappa shape index (κ1) is 9.24. The van der Waals surface area contributed by atoms with Crippen molar-refractivity contribution in [1.82, 2.24) is 4.98 Å². The number of hydrogen-bond acceptors (Lipinski definition) is 5. The normalized spacial score (nSPS) is 9.69. The van der Waals surface area contributed by atoms with Crippen molar-refractivity contribution in [2.24, 2.45) is 0 Å². The molecule has 0 aliphatic rings. The molecule has 0 aliphatic carbocycles. The molecule has 0 radical (unpaired) electrons. The number of nitro groups is 1. The second-order valence-electron chi connectivity index (χ2n) is 2.45. The zero-order valence-electron chi connectivity index (χ0n) is 7.27. The van der Waals surface area contributed by atoms with E-state index in [4.69, 9.17) is 10.5 Å². The molecule has 0 spiro atoms. The van der Waals surface area contributed by atoms with E-state index >= 15 is 0 Å². The minimum Gasteiger partial charge on any atom is -0.492 e. The van der Waals surface area contributed by atoms with E-state index in [-0.39, 0.29) is 11.5 Å². The lowest BCUT2D eigenvalue weighted by molar-refractivity contribution is -0.388. The first-order valence-electron chi connectivity index (χ1n) is 3.51. The molecule has 0 unspecified atom stereocenters. The van der Waals surface area contributed by atoms with E-state index in [1.165, 1.54) is 13.2 Å². The van der Waals surface area contributed by atoms with Crippen molar-refractivity contribution >= 4 is 11.5 Å². The molecule has 0 amide bonds. The molecule has 1 aromatic rings. The average molecular weight is 183 g/mol. The van der Waals surface area contributed by atoms with Crippen LogP contribution >= 0.6 is 0 Å². The van der Waals surface area contributed by atoms with Crippen molar-refractivity contribution < 1.29 is 9.66 Å². The van der Waals surface area contributed by atoms with E-state index in [9.17, 15) is 10.1 Å². The summed E-state index contributed by atoms with van der Waals surface area (Å²) in [5.41, 5.74) is 5.84. The average Bonchev–Trinajstić information content (AvgIpc) is 2.07. The minimum absolute atomic E-state index is 0.00690. The lowest BCUT2D eigenvalue weighted by Crippen LogP contribution is -2.01. The molecule has 1 rings (SSSR count). The molecule has 0 bridgehead atoms. The maximum absolute atomic E-state index is 10.4. The first-order chi connectivity index (χ1) is 6.06. The molecule has 70 valence electrons. The van der Waals surface area contributed by atoms with E-state index in [1.807, 2.05) is 0 Å². The molecular weight excluding hydrogens is 174 g/mol. The second kappa shape index (κ2) is 3.26. The Morgan fingerprint density at radius 2 is 2.31 bits per heavy atom. The molecule has 1 aromatic heterocycles. The molecule has 2 N–H and O–H groups in total. The molecule has 13 heavy (non-hydrogen) atoms. The summed E-state index contributed by atoms with van der Waals surface area (Å²) in [5, 5.41) is 10.4. The third kappa shape index (κ3) is 1.66. The van der Waals surface area contributed by atoms with Crippen LogP contribution in [0.15, 0.2) is 6.07 Å². The maximum Gasteiger partial charge on any atom is 0.387 e. The Kier molecular flexibility index (Phi) is 2.32. The predicted octanol–water partition coefficient (Wildman–Crippen LogP) is 0.889. The van der Waals surface area contributed by atoms with Crippen molar-refractivity contribution in [2.45, 2.75) is 6.92 Å². The van der Waals surface area contributed by atoms with Gasteiger partial charge in [0.2, 0.25) is 0 Å². The highest BCUT2D eigenvalue weighted by Crippen LogP contribution is 2.25. The predicted molar refractivity (Wildman–Crippen MR) is 46.6 cm³/mol. The van der Waals surface area contributed by atoms with Gasteiger partial charge in [-0.3, -0.25) is 0 Å². The number of nitrogens with two attached hydrogens (primary N) is 1. The topological polar surface area (TPSA) is 91.3 Å². The van der Waals surface area contributed by atoms with Gasteiger partial charge in [0, 0.05) is 13.0 Å². The SMILES string of the molecule is COc1cc(N)c([N+](=O)[O-])nc1C. The van der Waals surface area contributed by atoms with Gasteiger partial charge < -0.3 is 20.6 Å². The van der Waals surface area contributed by atoms with Gasteiger partial charge in [0.1, 0.15) is 5.69 Å². The maximum atomic E-state index is 10.4. The zero-order chi connectivity index (χ0) is 10.0. The number of nitrogen functional groups attached to an aromatic ring is 1. The summed E-state index contributed by atoms with van der Waals surface area (Å²) in [5.74, 6) is 0.112. The third-order valence-electron chi connectivity index (χ3n) is 1.57. The van der Waals surface area contributed by atoms with Gasteiger partial charge in [-0.25, -0.2) is 0 Å². The van der Waals surface area contributed by atoms with E-state index in [1.54, 1.807) is 6.92 Å². The number of aryl methyl sites for hydroxylation is 1. The number of nitrogens with zero attached hydrogens (tertiary/aromatic N) is 2. The monoisotopic (exact) mass is 183 g/mol. The molecule has 6 nitrogen and oxygen atoms in total. The van der Waals surface area contributed by atoms with Crippen LogP contribution in [0.5, 0.6) is 5.75 Å². The number of ether oxygens (including phenoxy) is 1. The van der Waals surface area contributed by atoms with Crippen LogP contribution in [0.4, 0.5) is 11.5 Å². The number of methoxy groups -OCH3 is 1. The second-order valence-corrected chi connectivity index (χ2v) is 2.45. The first-order valence-corrected chi connectivity index (χ1v) is 3.51. The molecular formula is C7H9N3O3. The molecule has 6 heteroatoms. The molecule has 1 heterocycles. The van der Waals surface area contributed by atoms with E-state index < -0.39 is 4.92 Å². The van der Waals surface area contributed by atoms with Crippen LogP contribution < -0.4 is 10.5 Å². The molecule has 0 saturated heterocycles. The number of aromatic nitrogens is 1. The standard InChI is InChI=1S/C7H9N3O3/c1-4-6(13-2)3-5(8)7(9-4)10(11)12/h3H,8H2,1-2H3.